The molecule has 0 saturated carbocycles. The smallest absolute Gasteiger partial charge is 0.338 e. The summed E-state index contributed by atoms with van der Waals surface area (Å²) in [6, 6.07) is 0. The first-order valence-electron chi connectivity index (χ1n) is 5.55. The minimum Gasteiger partial charge on any atom is -0.478 e. The van der Waals surface area contributed by atoms with Crippen molar-refractivity contribution in [3.05, 3.63) is 16.3 Å². The van der Waals surface area contributed by atoms with Crippen LogP contribution < -0.4 is 10.2 Å². The number of aromatic carboxylic acids is 1. The number of halogens is 3. The van der Waals surface area contributed by atoms with Crippen LogP contribution in [0.2, 0.25) is 0 Å². The molecular formula is C12H11I3N2NaO4. The summed E-state index contributed by atoms with van der Waals surface area (Å²) < 4.78 is 1.52. The molecule has 1 aromatic rings. The summed E-state index contributed by atoms with van der Waals surface area (Å²) in [6.45, 7) is 2.74. The number of rotatable bonds is 3. The molecule has 0 fully saturated rings. The molecular weight excluding hydrogens is 640 g/mol. The third-order valence-corrected chi connectivity index (χ3v) is 5.80. The van der Waals surface area contributed by atoms with E-state index in [9.17, 15) is 19.5 Å². The fraction of sp³-hybridized carbons (Fsp3) is 0.250. The first-order chi connectivity index (χ1) is 9.59. The van der Waals surface area contributed by atoms with E-state index in [0.29, 0.717) is 22.1 Å². The van der Waals surface area contributed by atoms with Crippen LogP contribution in [0.1, 0.15) is 24.2 Å². The monoisotopic (exact) mass is 651 g/mol. The topological polar surface area (TPSA) is 86.7 Å². The van der Waals surface area contributed by atoms with E-state index in [4.69, 9.17) is 0 Å². The van der Waals surface area contributed by atoms with Crippen molar-refractivity contribution in [3.63, 3.8) is 0 Å². The Morgan fingerprint density at radius 1 is 1.05 bits per heavy atom. The predicted molar refractivity (Wildman–Crippen MR) is 111 cm³/mol. The third kappa shape index (κ3) is 4.91. The second-order valence-corrected chi connectivity index (χ2v) is 7.34. The summed E-state index contributed by atoms with van der Waals surface area (Å²) in [5.41, 5.74) is 0.957. The maximum atomic E-state index is 11.6. The number of benzene rings is 1. The molecule has 0 aromatic heterocycles. The van der Waals surface area contributed by atoms with Crippen LogP contribution in [0.3, 0.4) is 0 Å². The summed E-state index contributed by atoms with van der Waals surface area (Å²) in [5, 5.41) is 12.1. The Morgan fingerprint density at radius 2 is 1.55 bits per heavy atom. The van der Waals surface area contributed by atoms with E-state index in [-0.39, 0.29) is 46.9 Å². The van der Waals surface area contributed by atoms with E-state index in [2.05, 4.69) is 5.32 Å². The van der Waals surface area contributed by atoms with Crippen LogP contribution in [0.5, 0.6) is 0 Å². The summed E-state index contributed by atoms with van der Waals surface area (Å²) in [7, 11) is 1.57. The standard InChI is InChI=1S/C12H11I3N2O4.Na/c1-4(18)16-10-7(13)6(12(20)21)8(14)11(9(10)15)17(3)5(2)19;/h1-3H3,(H,16,18)(H,20,21);. The quantitative estimate of drug-likeness (QED) is 0.390. The number of hydrogen-bond acceptors (Lipinski definition) is 3. The predicted octanol–water partition coefficient (Wildman–Crippen LogP) is 2.76. The normalized spacial score (nSPS) is 9.73. The van der Waals surface area contributed by atoms with Crippen molar-refractivity contribution in [1.82, 2.24) is 0 Å². The SMILES string of the molecule is CC(=O)Nc1c(I)c(C(=O)O)c(I)c(N(C)C(C)=O)c1I.[Na]. The average Bonchev–Trinajstić information content (AvgIpc) is 2.33. The first-order valence-corrected chi connectivity index (χ1v) is 8.78. The van der Waals surface area contributed by atoms with Crippen molar-refractivity contribution in [3.8, 4) is 0 Å². The molecule has 0 aliphatic heterocycles. The van der Waals surface area contributed by atoms with E-state index >= 15 is 0 Å². The van der Waals surface area contributed by atoms with Gasteiger partial charge in [-0.2, -0.15) is 0 Å². The number of nitrogens with one attached hydrogen (secondary N) is 1. The molecule has 0 aliphatic rings. The van der Waals surface area contributed by atoms with Gasteiger partial charge in [-0.3, -0.25) is 9.59 Å². The largest absolute Gasteiger partial charge is 0.478 e. The number of nitrogens with zero attached hydrogens (tertiary/aromatic N) is 1. The van der Waals surface area contributed by atoms with Crippen molar-refractivity contribution < 1.29 is 19.5 Å². The second-order valence-electron chi connectivity index (χ2n) is 4.10. The van der Waals surface area contributed by atoms with Gasteiger partial charge in [0.15, 0.2) is 0 Å². The number of amides is 2. The number of carbonyl (C=O) groups is 3. The van der Waals surface area contributed by atoms with Gasteiger partial charge in [0.1, 0.15) is 0 Å². The van der Waals surface area contributed by atoms with Gasteiger partial charge in [-0.1, -0.05) is 0 Å². The van der Waals surface area contributed by atoms with Crippen LogP contribution in [-0.2, 0) is 9.59 Å². The number of carboxylic acid groups (broad SMARTS) is 1. The Balaban J connectivity index is 0.00000441. The number of hydrogen-bond donors (Lipinski definition) is 2. The molecule has 2 amide bonds. The maximum absolute atomic E-state index is 11.6. The Hall–Kier alpha value is 0.820. The van der Waals surface area contributed by atoms with Crippen LogP contribution in [0.15, 0.2) is 0 Å². The number of anilines is 2. The summed E-state index contributed by atoms with van der Waals surface area (Å²) >= 11 is 5.80. The summed E-state index contributed by atoms with van der Waals surface area (Å²) in [4.78, 5) is 35.9. The van der Waals surface area contributed by atoms with Gasteiger partial charge in [-0.15, -0.1) is 0 Å². The fourth-order valence-electron chi connectivity index (χ4n) is 1.58. The molecule has 6 nitrogen and oxygen atoms in total. The third-order valence-electron chi connectivity index (χ3n) is 2.62. The molecule has 1 radical (unpaired) electrons. The van der Waals surface area contributed by atoms with E-state index in [1.807, 2.05) is 67.8 Å². The molecule has 0 unspecified atom stereocenters. The Bertz CT molecular complexity index is 652. The van der Waals surface area contributed by atoms with E-state index in [0.717, 1.165) is 0 Å². The molecule has 0 heterocycles. The van der Waals surface area contributed by atoms with Crippen molar-refractivity contribution in [2.24, 2.45) is 0 Å². The zero-order chi connectivity index (χ0) is 16.5. The average molecular weight is 651 g/mol. The van der Waals surface area contributed by atoms with Crippen molar-refractivity contribution in [2.75, 3.05) is 17.3 Å². The first kappa shape index (κ1) is 22.8. The number of carboxylic acids is 1. The Labute approximate surface area is 190 Å². The molecule has 2 N–H and O–H groups in total. The second kappa shape index (κ2) is 9.34. The minimum atomic E-state index is -1.11. The summed E-state index contributed by atoms with van der Waals surface area (Å²) in [6.07, 6.45) is 0. The number of carbonyl (C=O) groups excluding carboxylic acids is 2. The zero-order valence-corrected chi connectivity index (χ0v) is 20.7. The van der Waals surface area contributed by atoms with Gasteiger partial charge < -0.3 is 15.3 Å². The van der Waals surface area contributed by atoms with E-state index in [1.54, 1.807) is 7.05 Å². The van der Waals surface area contributed by atoms with Gasteiger partial charge in [0.05, 0.1) is 27.6 Å². The molecule has 22 heavy (non-hydrogen) atoms. The zero-order valence-electron chi connectivity index (χ0n) is 12.3. The van der Waals surface area contributed by atoms with Gasteiger partial charge in [-0.05, 0) is 67.8 Å². The Kier molecular flexibility index (Phi) is 9.69. The maximum Gasteiger partial charge on any atom is 0.338 e. The van der Waals surface area contributed by atoms with Gasteiger partial charge >= 0.3 is 5.97 Å². The molecule has 1 rings (SSSR count). The van der Waals surface area contributed by atoms with Gasteiger partial charge in [0.2, 0.25) is 11.8 Å². The van der Waals surface area contributed by atoms with Crippen molar-refractivity contribution in [1.29, 1.82) is 0 Å². The van der Waals surface area contributed by atoms with Crippen molar-refractivity contribution in [2.45, 2.75) is 13.8 Å². The molecule has 10 heteroatoms. The molecule has 0 bridgehead atoms. The summed E-state index contributed by atoms with van der Waals surface area (Å²) in [5.74, 6) is -1.64. The molecule has 0 aliphatic carbocycles. The molecule has 1 aromatic carbocycles. The van der Waals surface area contributed by atoms with E-state index < -0.39 is 5.97 Å². The van der Waals surface area contributed by atoms with Crippen LogP contribution >= 0.6 is 67.8 Å². The van der Waals surface area contributed by atoms with E-state index in [1.165, 1.54) is 18.7 Å². The minimum absolute atomic E-state index is 0. The molecule has 115 valence electrons. The van der Waals surface area contributed by atoms with Crippen LogP contribution in [0.4, 0.5) is 11.4 Å². The van der Waals surface area contributed by atoms with Crippen molar-refractivity contribution >= 4 is 126 Å². The van der Waals surface area contributed by atoms with Crippen LogP contribution in [0.25, 0.3) is 0 Å². The van der Waals surface area contributed by atoms with Gasteiger partial charge in [0, 0.05) is 50.5 Å². The van der Waals surface area contributed by atoms with Gasteiger partial charge in [0.25, 0.3) is 0 Å². The molecule has 0 atom stereocenters. The fourth-order valence-corrected chi connectivity index (χ4v) is 6.20. The van der Waals surface area contributed by atoms with Gasteiger partial charge in [-0.25, -0.2) is 4.79 Å². The Morgan fingerprint density at radius 3 is 1.91 bits per heavy atom. The van der Waals surface area contributed by atoms with Crippen LogP contribution in [-0.4, -0.2) is 59.5 Å². The van der Waals surface area contributed by atoms with Crippen LogP contribution in [0, 0.1) is 10.7 Å². The molecule has 0 spiro atoms. The molecule has 0 saturated heterocycles.